The molecule has 5 nitrogen and oxygen atoms in total. The molecule has 0 heterocycles. The highest BCUT2D eigenvalue weighted by Crippen LogP contribution is 2.20. The molecule has 0 aliphatic heterocycles. The van der Waals surface area contributed by atoms with Crippen LogP contribution in [0.3, 0.4) is 0 Å². The SMILES string of the molecule is Cc1cccc(NC(=O)COc2ccccc2N)c1C#N. The van der Waals surface area contributed by atoms with E-state index in [1.54, 1.807) is 36.4 Å². The first kappa shape index (κ1) is 14.4. The maximum atomic E-state index is 11.9. The molecule has 0 unspecified atom stereocenters. The first-order valence-corrected chi connectivity index (χ1v) is 6.38. The molecule has 0 saturated carbocycles. The van der Waals surface area contributed by atoms with Gasteiger partial charge in [-0.15, -0.1) is 0 Å². The Bertz CT molecular complexity index is 705. The molecule has 21 heavy (non-hydrogen) atoms. The summed E-state index contributed by atoms with van der Waals surface area (Å²) in [6.07, 6.45) is 0. The molecule has 5 heteroatoms. The Labute approximate surface area is 123 Å². The van der Waals surface area contributed by atoms with E-state index in [1.165, 1.54) is 0 Å². The van der Waals surface area contributed by atoms with Crippen LogP contribution >= 0.6 is 0 Å². The zero-order valence-corrected chi connectivity index (χ0v) is 11.6. The fourth-order valence-electron chi connectivity index (χ4n) is 1.86. The lowest BCUT2D eigenvalue weighted by atomic mass is 10.1. The zero-order valence-electron chi connectivity index (χ0n) is 11.6. The van der Waals surface area contributed by atoms with E-state index in [0.717, 1.165) is 5.56 Å². The third kappa shape index (κ3) is 3.51. The lowest BCUT2D eigenvalue weighted by molar-refractivity contribution is -0.118. The number of nitrogens with one attached hydrogen (secondary N) is 1. The van der Waals surface area contributed by atoms with E-state index in [0.29, 0.717) is 22.7 Å². The molecule has 0 saturated heterocycles. The van der Waals surface area contributed by atoms with Crippen LogP contribution in [-0.4, -0.2) is 12.5 Å². The third-order valence-electron chi connectivity index (χ3n) is 2.94. The Balaban J connectivity index is 2.02. The first-order valence-electron chi connectivity index (χ1n) is 6.38. The van der Waals surface area contributed by atoms with Gasteiger partial charge in [-0.05, 0) is 30.7 Å². The summed E-state index contributed by atoms with van der Waals surface area (Å²) in [6.45, 7) is 1.64. The molecule has 0 aliphatic carbocycles. The summed E-state index contributed by atoms with van der Waals surface area (Å²) in [5.41, 5.74) is 7.93. The second kappa shape index (κ2) is 6.44. The maximum absolute atomic E-state index is 11.9. The normalized spacial score (nSPS) is 9.71. The summed E-state index contributed by atoms with van der Waals surface area (Å²) in [4.78, 5) is 11.9. The van der Waals surface area contributed by atoms with E-state index in [4.69, 9.17) is 15.7 Å². The van der Waals surface area contributed by atoms with Gasteiger partial charge < -0.3 is 15.8 Å². The van der Waals surface area contributed by atoms with Crippen LogP contribution in [-0.2, 0) is 4.79 Å². The quantitative estimate of drug-likeness (QED) is 0.843. The standard InChI is InChI=1S/C16H15N3O2/c1-11-5-4-7-14(12(11)9-17)19-16(20)10-21-15-8-3-2-6-13(15)18/h2-8H,10,18H2,1H3,(H,19,20). The van der Waals surface area contributed by atoms with Crippen molar-refractivity contribution in [2.24, 2.45) is 0 Å². The molecule has 0 spiro atoms. The molecule has 3 N–H and O–H groups in total. The molecule has 2 aromatic rings. The van der Waals surface area contributed by atoms with Crippen molar-refractivity contribution >= 4 is 17.3 Å². The van der Waals surface area contributed by atoms with Gasteiger partial charge in [-0.1, -0.05) is 24.3 Å². The van der Waals surface area contributed by atoms with Crippen molar-refractivity contribution in [1.82, 2.24) is 0 Å². The van der Waals surface area contributed by atoms with E-state index < -0.39 is 0 Å². The number of amides is 1. The van der Waals surface area contributed by atoms with Crippen LogP contribution in [0.15, 0.2) is 42.5 Å². The predicted octanol–water partition coefficient (Wildman–Crippen LogP) is 2.47. The number of nitrogens with two attached hydrogens (primary N) is 1. The minimum atomic E-state index is -0.347. The van der Waals surface area contributed by atoms with Crippen LogP contribution in [0, 0.1) is 18.3 Å². The minimum Gasteiger partial charge on any atom is -0.482 e. The summed E-state index contributed by atoms with van der Waals surface area (Å²) >= 11 is 0. The zero-order chi connectivity index (χ0) is 15.2. The highest BCUT2D eigenvalue weighted by molar-refractivity contribution is 5.93. The van der Waals surface area contributed by atoms with E-state index in [-0.39, 0.29) is 12.5 Å². The average molecular weight is 281 g/mol. The molecule has 2 aromatic carbocycles. The van der Waals surface area contributed by atoms with Crippen molar-refractivity contribution in [3.8, 4) is 11.8 Å². The summed E-state index contributed by atoms with van der Waals surface area (Å²) < 4.78 is 5.35. The van der Waals surface area contributed by atoms with Crippen molar-refractivity contribution < 1.29 is 9.53 Å². The van der Waals surface area contributed by atoms with Crippen LogP contribution in [0.4, 0.5) is 11.4 Å². The van der Waals surface area contributed by atoms with Crippen molar-refractivity contribution in [3.05, 3.63) is 53.6 Å². The van der Waals surface area contributed by atoms with Gasteiger partial charge in [0.25, 0.3) is 5.91 Å². The summed E-state index contributed by atoms with van der Waals surface area (Å²) in [7, 11) is 0. The number of nitrogen functional groups attached to an aromatic ring is 1. The molecule has 2 rings (SSSR count). The Morgan fingerprint density at radius 2 is 2.05 bits per heavy atom. The monoisotopic (exact) mass is 281 g/mol. The number of aryl methyl sites for hydroxylation is 1. The predicted molar refractivity (Wildman–Crippen MR) is 80.9 cm³/mol. The summed E-state index contributed by atoms with van der Waals surface area (Å²) in [5.74, 6) is 0.109. The van der Waals surface area contributed by atoms with Crippen LogP contribution in [0.1, 0.15) is 11.1 Å². The van der Waals surface area contributed by atoms with Crippen molar-refractivity contribution in [3.63, 3.8) is 0 Å². The Morgan fingerprint density at radius 3 is 2.76 bits per heavy atom. The summed E-state index contributed by atoms with van der Waals surface area (Å²) in [5, 5.41) is 11.8. The van der Waals surface area contributed by atoms with Crippen molar-refractivity contribution in [2.45, 2.75) is 6.92 Å². The fraction of sp³-hybridized carbons (Fsp3) is 0.125. The van der Waals surface area contributed by atoms with Crippen molar-refractivity contribution in [2.75, 3.05) is 17.7 Å². The van der Waals surface area contributed by atoms with Gasteiger partial charge in [0, 0.05) is 0 Å². The van der Waals surface area contributed by atoms with Crippen LogP contribution in [0.5, 0.6) is 5.75 Å². The number of hydrogen-bond donors (Lipinski definition) is 2. The number of anilines is 2. The van der Waals surface area contributed by atoms with Gasteiger partial charge in [0.2, 0.25) is 0 Å². The van der Waals surface area contributed by atoms with Crippen LogP contribution in [0.2, 0.25) is 0 Å². The fourth-order valence-corrected chi connectivity index (χ4v) is 1.86. The first-order chi connectivity index (χ1) is 10.1. The number of carbonyl (C=O) groups excluding carboxylic acids is 1. The van der Waals surface area contributed by atoms with Crippen LogP contribution in [0.25, 0.3) is 0 Å². The number of nitriles is 1. The highest BCUT2D eigenvalue weighted by atomic mass is 16.5. The van der Waals surface area contributed by atoms with E-state index in [9.17, 15) is 4.79 Å². The third-order valence-corrected chi connectivity index (χ3v) is 2.94. The van der Waals surface area contributed by atoms with Gasteiger partial charge >= 0.3 is 0 Å². The molecular weight excluding hydrogens is 266 g/mol. The lowest BCUT2D eigenvalue weighted by Crippen LogP contribution is -2.21. The minimum absolute atomic E-state index is 0.174. The highest BCUT2D eigenvalue weighted by Gasteiger charge is 2.09. The van der Waals surface area contributed by atoms with Gasteiger partial charge in [-0.3, -0.25) is 4.79 Å². The number of ether oxygens (including phenoxy) is 1. The molecule has 0 fully saturated rings. The molecule has 0 aromatic heterocycles. The van der Waals surface area contributed by atoms with Crippen LogP contribution < -0.4 is 15.8 Å². The topological polar surface area (TPSA) is 88.1 Å². The van der Waals surface area contributed by atoms with Gasteiger partial charge in [0.15, 0.2) is 6.61 Å². The van der Waals surface area contributed by atoms with Gasteiger partial charge in [-0.2, -0.15) is 5.26 Å². The van der Waals surface area contributed by atoms with Gasteiger partial charge in [0.05, 0.1) is 16.9 Å². The van der Waals surface area contributed by atoms with Gasteiger partial charge in [0.1, 0.15) is 11.8 Å². The summed E-state index contributed by atoms with van der Waals surface area (Å²) in [6, 6.07) is 14.3. The second-order valence-corrected chi connectivity index (χ2v) is 4.48. The number of para-hydroxylation sites is 2. The molecular formula is C16H15N3O2. The van der Waals surface area contributed by atoms with Crippen molar-refractivity contribution in [1.29, 1.82) is 5.26 Å². The molecule has 0 aliphatic rings. The smallest absolute Gasteiger partial charge is 0.262 e. The Kier molecular flexibility index (Phi) is 4.42. The maximum Gasteiger partial charge on any atom is 0.262 e. The number of benzene rings is 2. The second-order valence-electron chi connectivity index (χ2n) is 4.48. The number of carbonyl (C=O) groups is 1. The van der Waals surface area contributed by atoms with E-state index in [1.807, 2.05) is 13.0 Å². The number of hydrogen-bond acceptors (Lipinski definition) is 4. The molecule has 0 radical (unpaired) electrons. The average Bonchev–Trinajstić information content (AvgIpc) is 2.47. The number of rotatable bonds is 4. The Hall–Kier alpha value is -3.00. The van der Waals surface area contributed by atoms with Gasteiger partial charge in [-0.25, -0.2) is 0 Å². The largest absolute Gasteiger partial charge is 0.482 e. The van der Waals surface area contributed by atoms with E-state index >= 15 is 0 Å². The number of nitrogens with zero attached hydrogens (tertiary/aromatic N) is 1. The molecule has 0 atom stereocenters. The van der Waals surface area contributed by atoms with E-state index in [2.05, 4.69) is 11.4 Å². The molecule has 0 bridgehead atoms. The molecule has 1 amide bonds. The molecule has 106 valence electrons. The lowest BCUT2D eigenvalue weighted by Gasteiger charge is -2.10. The Morgan fingerprint density at radius 1 is 1.29 bits per heavy atom.